The lowest BCUT2D eigenvalue weighted by molar-refractivity contribution is -0.260. The van der Waals surface area contributed by atoms with Gasteiger partial charge in [0, 0.05) is 13.2 Å². The van der Waals surface area contributed by atoms with E-state index in [1.165, 1.54) is 0 Å². The number of hydrogen-bond donors (Lipinski definition) is 2. The minimum absolute atomic E-state index is 0.483. The molecular formula is C8H20N2O2. The monoisotopic (exact) mass is 176 g/mol. The van der Waals surface area contributed by atoms with Crippen molar-refractivity contribution in [2.45, 2.75) is 39.1 Å². The van der Waals surface area contributed by atoms with Crippen molar-refractivity contribution >= 4 is 0 Å². The Morgan fingerprint density at radius 1 is 1.00 bits per heavy atom. The molecule has 74 valence electrons. The van der Waals surface area contributed by atoms with Gasteiger partial charge in [0.05, 0.1) is 5.54 Å². The molecule has 4 nitrogen and oxygen atoms in total. The first-order chi connectivity index (χ1) is 5.37. The maximum Gasteiger partial charge on any atom is 0.243 e. The highest BCUT2D eigenvalue weighted by atomic mass is 16.7. The van der Waals surface area contributed by atoms with Gasteiger partial charge < -0.3 is 15.2 Å². The third kappa shape index (κ3) is 2.71. The van der Waals surface area contributed by atoms with Gasteiger partial charge in [0.1, 0.15) is 0 Å². The van der Waals surface area contributed by atoms with Crippen LogP contribution in [0.2, 0.25) is 0 Å². The molecule has 0 amide bonds. The molecule has 0 saturated heterocycles. The third-order valence-corrected chi connectivity index (χ3v) is 1.62. The van der Waals surface area contributed by atoms with Crippen LogP contribution in [-0.4, -0.2) is 24.7 Å². The topological polar surface area (TPSA) is 70.5 Å². The first kappa shape index (κ1) is 11.8. The minimum atomic E-state index is -1.18. The fourth-order valence-corrected chi connectivity index (χ4v) is 0.843. The van der Waals surface area contributed by atoms with Crippen LogP contribution in [0.25, 0.3) is 0 Å². The Bertz CT molecular complexity index is 126. The van der Waals surface area contributed by atoms with Crippen molar-refractivity contribution in [2.24, 2.45) is 11.5 Å². The van der Waals surface area contributed by atoms with Crippen LogP contribution in [0, 0.1) is 0 Å². The molecule has 0 aliphatic rings. The van der Waals surface area contributed by atoms with Crippen LogP contribution >= 0.6 is 0 Å². The summed E-state index contributed by atoms with van der Waals surface area (Å²) in [7, 11) is 0. The van der Waals surface area contributed by atoms with Crippen molar-refractivity contribution in [3.05, 3.63) is 0 Å². The molecule has 0 aliphatic heterocycles. The zero-order chi connectivity index (χ0) is 9.83. The van der Waals surface area contributed by atoms with E-state index in [9.17, 15) is 0 Å². The summed E-state index contributed by atoms with van der Waals surface area (Å²) in [6, 6.07) is 0. The van der Waals surface area contributed by atoms with Gasteiger partial charge in [-0.25, -0.2) is 0 Å². The predicted octanol–water partition coefficient (Wildman–Crippen LogP) is 0.409. The third-order valence-electron chi connectivity index (χ3n) is 1.62. The number of rotatable bonds is 5. The smallest absolute Gasteiger partial charge is 0.243 e. The van der Waals surface area contributed by atoms with E-state index < -0.39 is 11.4 Å². The number of ether oxygens (including phenoxy) is 2. The molecule has 0 aromatic rings. The van der Waals surface area contributed by atoms with Crippen molar-refractivity contribution in [1.29, 1.82) is 0 Å². The lowest BCUT2D eigenvalue weighted by atomic mass is 10.0. The highest BCUT2D eigenvalue weighted by Crippen LogP contribution is 2.19. The van der Waals surface area contributed by atoms with Gasteiger partial charge in [-0.1, -0.05) is 0 Å². The maximum atomic E-state index is 5.83. The molecule has 0 spiro atoms. The predicted molar refractivity (Wildman–Crippen MR) is 48.4 cm³/mol. The fourth-order valence-electron chi connectivity index (χ4n) is 0.843. The van der Waals surface area contributed by atoms with Gasteiger partial charge in [0.15, 0.2) is 0 Å². The molecular weight excluding hydrogens is 156 g/mol. The quantitative estimate of drug-likeness (QED) is 0.595. The van der Waals surface area contributed by atoms with Crippen LogP contribution in [0.1, 0.15) is 27.7 Å². The summed E-state index contributed by atoms with van der Waals surface area (Å²) in [6.45, 7) is 8.23. The largest absolute Gasteiger partial charge is 0.336 e. The number of nitrogens with two attached hydrogens (primary N) is 2. The van der Waals surface area contributed by atoms with Crippen LogP contribution in [0.15, 0.2) is 0 Å². The van der Waals surface area contributed by atoms with E-state index in [1.54, 1.807) is 13.8 Å². The summed E-state index contributed by atoms with van der Waals surface area (Å²) in [4.78, 5) is 0. The van der Waals surface area contributed by atoms with Crippen molar-refractivity contribution in [1.82, 2.24) is 0 Å². The van der Waals surface area contributed by atoms with Crippen molar-refractivity contribution in [3.8, 4) is 0 Å². The van der Waals surface area contributed by atoms with Crippen molar-refractivity contribution < 1.29 is 9.47 Å². The second kappa shape index (κ2) is 4.18. The first-order valence-corrected chi connectivity index (χ1v) is 4.23. The molecule has 0 saturated carbocycles. The lowest BCUT2D eigenvalue weighted by Crippen LogP contribution is -2.65. The maximum absolute atomic E-state index is 5.83. The van der Waals surface area contributed by atoms with E-state index >= 15 is 0 Å². The van der Waals surface area contributed by atoms with Gasteiger partial charge in [-0.15, -0.1) is 0 Å². The zero-order valence-corrected chi connectivity index (χ0v) is 8.39. The molecule has 0 fully saturated rings. The summed E-state index contributed by atoms with van der Waals surface area (Å²) >= 11 is 0. The zero-order valence-electron chi connectivity index (χ0n) is 8.39. The molecule has 12 heavy (non-hydrogen) atoms. The van der Waals surface area contributed by atoms with E-state index in [0.29, 0.717) is 13.2 Å². The lowest BCUT2D eigenvalue weighted by Gasteiger charge is -2.39. The highest BCUT2D eigenvalue weighted by Gasteiger charge is 2.40. The van der Waals surface area contributed by atoms with E-state index in [2.05, 4.69) is 0 Å². The molecule has 0 radical (unpaired) electrons. The Morgan fingerprint density at radius 2 is 1.33 bits per heavy atom. The molecule has 0 atom stereocenters. The van der Waals surface area contributed by atoms with Crippen LogP contribution in [0.5, 0.6) is 0 Å². The summed E-state index contributed by atoms with van der Waals surface area (Å²) in [5, 5.41) is 0. The van der Waals surface area contributed by atoms with Gasteiger partial charge in [0.25, 0.3) is 0 Å². The summed E-state index contributed by atoms with van der Waals surface area (Å²) in [6.07, 6.45) is 0. The molecule has 4 heteroatoms. The molecule has 4 N–H and O–H groups in total. The number of hydrogen-bond acceptors (Lipinski definition) is 4. The molecule has 0 unspecified atom stereocenters. The molecule has 0 aromatic heterocycles. The van der Waals surface area contributed by atoms with Crippen LogP contribution in [0.4, 0.5) is 0 Å². The molecule has 0 bridgehead atoms. The normalized spacial score (nSPS) is 13.5. The Morgan fingerprint density at radius 3 is 1.50 bits per heavy atom. The van der Waals surface area contributed by atoms with Gasteiger partial charge in [-0.2, -0.15) is 0 Å². The van der Waals surface area contributed by atoms with Gasteiger partial charge in [-0.05, 0) is 27.7 Å². The molecule has 0 aromatic carbocycles. The van der Waals surface area contributed by atoms with Crippen molar-refractivity contribution in [3.63, 3.8) is 0 Å². The molecule has 0 heterocycles. The second-order valence-corrected chi connectivity index (χ2v) is 3.26. The highest BCUT2D eigenvalue weighted by molar-refractivity contribution is 4.86. The second-order valence-electron chi connectivity index (χ2n) is 3.26. The Labute approximate surface area is 74.2 Å². The standard InChI is InChI=1S/C8H20N2O2/c1-5-11-8(10,12-6-2)7(3,4)9/h5-6,9-10H2,1-4H3. The van der Waals surface area contributed by atoms with Crippen molar-refractivity contribution in [2.75, 3.05) is 13.2 Å². The fraction of sp³-hybridized carbons (Fsp3) is 1.00. The summed E-state index contributed by atoms with van der Waals surface area (Å²) < 4.78 is 10.5. The van der Waals surface area contributed by atoms with Gasteiger partial charge in [0.2, 0.25) is 5.91 Å². The van der Waals surface area contributed by atoms with Crippen LogP contribution in [-0.2, 0) is 9.47 Å². The van der Waals surface area contributed by atoms with E-state index in [-0.39, 0.29) is 0 Å². The Balaban J connectivity index is 4.38. The van der Waals surface area contributed by atoms with Gasteiger partial charge >= 0.3 is 0 Å². The molecule has 0 aliphatic carbocycles. The van der Waals surface area contributed by atoms with E-state index in [0.717, 1.165) is 0 Å². The van der Waals surface area contributed by atoms with Crippen LogP contribution in [0.3, 0.4) is 0 Å². The summed E-state index contributed by atoms with van der Waals surface area (Å²) in [5.74, 6) is -1.18. The first-order valence-electron chi connectivity index (χ1n) is 4.23. The van der Waals surface area contributed by atoms with E-state index in [1.807, 2.05) is 13.8 Å². The minimum Gasteiger partial charge on any atom is -0.336 e. The summed E-state index contributed by atoms with van der Waals surface area (Å²) in [5.41, 5.74) is 10.9. The Kier molecular flexibility index (Phi) is 4.13. The molecule has 0 rings (SSSR count). The average molecular weight is 176 g/mol. The van der Waals surface area contributed by atoms with E-state index in [4.69, 9.17) is 20.9 Å². The van der Waals surface area contributed by atoms with Gasteiger partial charge in [-0.3, -0.25) is 5.73 Å². The van der Waals surface area contributed by atoms with Crippen LogP contribution < -0.4 is 11.5 Å². The Hall–Kier alpha value is -0.160. The average Bonchev–Trinajstić information content (AvgIpc) is 1.86. The SMILES string of the molecule is CCOC(N)(OCC)C(C)(C)N.